The number of nitrogens with one attached hydrogen (secondary N) is 1. The lowest BCUT2D eigenvalue weighted by molar-refractivity contribution is 0.0522. The molecule has 166 valence electrons. The van der Waals surface area contributed by atoms with Gasteiger partial charge in [-0.15, -0.1) is 0 Å². The molecule has 1 heterocycles. The van der Waals surface area contributed by atoms with E-state index in [1.807, 2.05) is 52.0 Å². The van der Waals surface area contributed by atoms with Gasteiger partial charge in [-0.1, -0.05) is 0 Å². The van der Waals surface area contributed by atoms with Gasteiger partial charge in [-0.3, -0.25) is 4.68 Å². The van der Waals surface area contributed by atoms with Crippen molar-refractivity contribution in [2.24, 2.45) is 0 Å². The van der Waals surface area contributed by atoms with Crippen LogP contribution in [0.3, 0.4) is 0 Å². The number of hydrogen-bond acceptors (Lipinski definition) is 6. The van der Waals surface area contributed by atoms with Crippen LogP contribution in [0.1, 0.15) is 43.2 Å². The van der Waals surface area contributed by atoms with Gasteiger partial charge in [-0.25, -0.2) is 9.59 Å². The molecular formula is C23H29N3O5. The lowest BCUT2D eigenvalue weighted by atomic mass is 10.0. The Morgan fingerprint density at radius 2 is 1.84 bits per heavy atom. The Kier molecular flexibility index (Phi) is 6.38. The summed E-state index contributed by atoms with van der Waals surface area (Å²) in [6.45, 7) is 8.25. The first-order valence-electron chi connectivity index (χ1n) is 10.2. The van der Waals surface area contributed by atoms with E-state index in [0.29, 0.717) is 25.2 Å². The molecule has 8 nitrogen and oxygen atoms in total. The van der Waals surface area contributed by atoms with Crippen LogP contribution in [0.4, 0.5) is 4.79 Å². The van der Waals surface area contributed by atoms with E-state index in [-0.39, 0.29) is 0 Å². The standard InChI is InChI=1S/C23H29N3O5/c1-14-12-18-19(16-9-8-15(29-5)13-17(14)16)25-26(20(18)21(27)30-6)11-7-10-24-22(28)31-23(2,3)4/h8-9,12-13H,7,10-11H2,1-6H3,(H,24,28). The molecule has 0 aliphatic carbocycles. The number of aryl methyl sites for hydroxylation is 2. The molecule has 8 heteroatoms. The molecule has 2 aromatic carbocycles. The maximum absolute atomic E-state index is 12.6. The Balaban J connectivity index is 1.91. The number of nitrogens with zero attached hydrogens (tertiary/aromatic N) is 2. The van der Waals surface area contributed by atoms with Crippen molar-refractivity contribution < 1.29 is 23.8 Å². The summed E-state index contributed by atoms with van der Waals surface area (Å²) in [5.74, 6) is 0.311. The Labute approximate surface area is 181 Å². The van der Waals surface area contributed by atoms with Crippen molar-refractivity contribution in [2.45, 2.75) is 46.3 Å². The molecule has 0 radical (unpaired) electrons. The third kappa shape index (κ3) is 4.90. The molecule has 0 saturated carbocycles. The zero-order chi connectivity index (χ0) is 22.8. The highest BCUT2D eigenvalue weighted by atomic mass is 16.6. The minimum atomic E-state index is -0.552. The Morgan fingerprint density at radius 3 is 2.48 bits per heavy atom. The Hall–Kier alpha value is -3.29. The van der Waals surface area contributed by atoms with Crippen molar-refractivity contribution in [1.29, 1.82) is 0 Å². The first-order valence-corrected chi connectivity index (χ1v) is 10.2. The molecular weight excluding hydrogens is 398 g/mol. The lowest BCUT2D eigenvalue weighted by Gasteiger charge is -2.19. The van der Waals surface area contributed by atoms with Crippen LogP contribution in [0.25, 0.3) is 21.7 Å². The van der Waals surface area contributed by atoms with Crippen LogP contribution in [0, 0.1) is 6.92 Å². The number of methoxy groups -OCH3 is 2. The molecule has 0 spiro atoms. The van der Waals surface area contributed by atoms with Crippen LogP contribution in [-0.4, -0.2) is 48.2 Å². The molecule has 1 aromatic heterocycles. The highest BCUT2D eigenvalue weighted by molar-refractivity contribution is 6.13. The highest BCUT2D eigenvalue weighted by Crippen LogP contribution is 2.32. The zero-order valence-electron chi connectivity index (χ0n) is 18.9. The highest BCUT2D eigenvalue weighted by Gasteiger charge is 2.22. The van der Waals surface area contributed by atoms with Crippen molar-refractivity contribution in [3.05, 3.63) is 35.5 Å². The van der Waals surface area contributed by atoms with Gasteiger partial charge in [0.1, 0.15) is 16.9 Å². The normalized spacial score (nSPS) is 11.5. The largest absolute Gasteiger partial charge is 0.497 e. The van der Waals surface area contributed by atoms with E-state index < -0.39 is 17.7 Å². The van der Waals surface area contributed by atoms with Gasteiger partial charge in [0, 0.05) is 23.9 Å². The number of carbonyl (C=O) groups excluding carboxylic acids is 2. The second kappa shape index (κ2) is 8.83. The summed E-state index contributed by atoms with van der Waals surface area (Å²) in [6.07, 6.45) is 0.101. The summed E-state index contributed by atoms with van der Waals surface area (Å²) in [5, 5.41) is 10.1. The van der Waals surface area contributed by atoms with Crippen molar-refractivity contribution in [2.75, 3.05) is 20.8 Å². The van der Waals surface area contributed by atoms with E-state index in [4.69, 9.17) is 19.3 Å². The molecule has 0 fully saturated rings. The molecule has 0 aliphatic heterocycles. The van der Waals surface area contributed by atoms with Gasteiger partial charge in [0.15, 0.2) is 5.69 Å². The van der Waals surface area contributed by atoms with Crippen LogP contribution in [0.2, 0.25) is 0 Å². The predicted octanol–water partition coefficient (Wildman–Crippen LogP) is 4.21. The van der Waals surface area contributed by atoms with Crippen molar-refractivity contribution in [3.8, 4) is 5.75 Å². The van der Waals surface area contributed by atoms with Crippen LogP contribution in [-0.2, 0) is 16.0 Å². The van der Waals surface area contributed by atoms with E-state index in [9.17, 15) is 9.59 Å². The summed E-state index contributed by atoms with van der Waals surface area (Å²) >= 11 is 0. The Bertz CT molecular complexity index is 1130. The smallest absolute Gasteiger partial charge is 0.407 e. The summed E-state index contributed by atoms with van der Waals surface area (Å²) < 4.78 is 17.3. The summed E-state index contributed by atoms with van der Waals surface area (Å²) in [7, 11) is 2.98. The molecule has 0 saturated heterocycles. The van der Waals surface area contributed by atoms with Crippen LogP contribution in [0.15, 0.2) is 24.3 Å². The molecule has 3 rings (SSSR count). The topological polar surface area (TPSA) is 91.7 Å². The van der Waals surface area contributed by atoms with Crippen molar-refractivity contribution in [1.82, 2.24) is 15.1 Å². The van der Waals surface area contributed by atoms with Gasteiger partial charge >= 0.3 is 12.1 Å². The lowest BCUT2D eigenvalue weighted by Crippen LogP contribution is -2.33. The second-order valence-corrected chi connectivity index (χ2v) is 8.35. The van der Waals surface area contributed by atoms with Gasteiger partial charge in [0.05, 0.1) is 14.2 Å². The molecule has 1 amide bonds. The maximum Gasteiger partial charge on any atom is 0.407 e. The van der Waals surface area contributed by atoms with Gasteiger partial charge < -0.3 is 19.5 Å². The quantitative estimate of drug-likeness (QED) is 0.468. The van der Waals surface area contributed by atoms with Crippen molar-refractivity contribution in [3.63, 3.8) is 0 Å². The average Bonchev–Trinajstić information content (AvgIpc) is 3.07. The number of amides is 1. The zero-order valence-corrected chi connectivity index (χ0v) is 18.9. The van der Waals surface area contributed by atoms with E-state index in [1.54, 1.807) is 11.8 Å². The van der Waals surface area contributed by atoms with Gasteiger partial charge in [0.2, 0.25) is 0 Å². The summed E-state index contributed by atoms with van der Waals surface area (Å²) in [5.41, 5.74) is 1.58. The van der Waals surface area contributed by atoms with E-state index >= 15 is 0 Å². The third-order valence-corrected chi connectivity index (χ3v) is 4.85. The van der Waals surface area contributed by atoms with Crippen molar-refractivity contribution >= 4 is 33.7 Å². The van der Waals surface area contributed by atoms with Gasteiger partial charge in [-0.2, -0.15) is 5.10 Å². The SMILES string of the molecule is COC(=O)c1c2cc(C)c3cc(OC)ccc3c2nn1CCCNC(=O)OC(C)(C)C. The Morgan fingerprint density at radius 1 is 1.10 bits per heavy atom. The number of carbonyl (C=O) groups is 2. The first kappa shape index (κ1) is 22.4. The molecule has 0 atom stereocenters. The number of esters is 1. The molecule has 1 N–H and O–H groups in total. The fourth-order valence-corrected chi connectivity index (χ4v) is 3.50. The summed E-state index contributed by atoms with van der Waals surface area (Å²) in [6, 6.07) is 7.74. The number of ether oxygens (including phenoxy) is 3. The fraction of sp³-hybridized carbons (Fsp3) is 0.435. The second-order valence-electron chi connectivity index (χ2n) is 8.35. The minimum Gasteiger partial charge on any atom is -0.497 e. The minimum absolute atomic E-state index is 0.392. The number of benzene rings is 2. The van der Waals surface area contributed by atoms with E-state index in [1.165, 1.54) is 7.11 Å². The van der Waals surface area contributed by atoms with Gasteiger partial charge in [0.25, 0.3) is 0 Å². The predicted molar refractivity (Wildman–Crippen MR) is 119 cm³/mol. The molecule has 0 unspecified atom stereocenters. The number of rotatable bonds is 6. The fourth-order valence-electron chi connectivity index (χ4n) is 3.50. The van der Waals surface area contributed by atoms with E-state index in [2.05, 4.69) is 5.32 Å². The molecule has 0 bridgehead atoms. The number of alkyl carbamates (subject to hydrolysis) is 1. The van der Waals surface area contributed by atoms with Gasteiger partial charge in [-0.05, 0) is 69.3 Å². The van der Waals surface area contributed by atoms with Crippen LogP contribution < -0.4 is 10.1 Å². The molecule has 0 aliphatic rings. The average molecular weight is 428 g/mol. The first-order chi connectivity index (χ1) is 14.6. The number of aromatic nitrogens is 2. The molecule has 3 aromatic rings. The third-order valence-electron chi connectivity index (χ3n) is 4.85. The molecule has 31 heavy (non-hydrogen) atoms. The van der Waals surface area contributed by atoms with E-state index in [0.717, 1.165) is 33.0 Å². The van der Waals surface area contributed by atoms with Crippen LogP contribution in [0.5, 0.6) is 5.75 Å². The number of hydrogen-bond donors (Lipinski definition) is 1. The summed E-state index contributed by atoms with van der Waals surface area (Å²) in [4.78, 5) is 24.4. The maximum atomic E-state index is 12.6. The van der Waals surface area contributed by atoms with Crippen LogP contribution >= 0.6 is 0 Å². The monoisotopic (exact) mass is 427 g/mol. The number of fused-ring (bicyclic) bond motifs is 3.